The second-order valence-electron chi connectivity index (χ2n) is 10.7. The lowest BCUT2D eigenvalue weighted by Gasteiger charge is -2.31. The molecule has 2 fully saturated rings. The molecular weight excluding hydrogens is 500 g/mol. The summed E-state index contributed by atoms with van der Waals surface area (Å²) in [7, 11) is 4.00. The number of hydrogen-bond acceptors (Lipinski definition) is 7. The number of para-hydroxylation sites is 1. The quantitative estimate of drug-likeness (QED) is 0.356. The fourth-order valence-corrected chi connectivity index (χ4v) is 5.62. The number of anilines is 1. The fourth-order valence-electron chi connectivity index (χ4n) is 5.44. The van der Waals surface area contributed by atoms with Gasteiger partial charge in [0.1, 0.15) is 11.4 Å². The van der Waals surface area contributed by atoms with E-state index in [0.717, 1.165) is 74.9 Å². The van der Waals surface area contributed by atoms with Gasteiger partial charge in [-0.05, 0) is 64.7 Å². The molecular formula is C28H37ClN8O. The van der Waals surface area contributed by atoms with Crippen molar-refractivity contribution in [1.29, 1.82) is 0 Å². The molecule has 3 heterocycles. The van der Waals surface area contributed by atoms with Crippen LogP contribution in [0.1, 0.15) is 32.1 Å². The van der Waals surface area contributed by atoms with Gasteiger partial charge in [-0.25, -0.2) is 9.97 Å². The summed E-state index contributed by atoms with van der Waals surface area (Å²) in [6.45, 7) is 3.39. The SMILES string of the molecule is CN(C)C/C=C/C(=O)N1CCC(CN[C@H]2CCCC(Nc3ncc(Cl)c(-c4n[nH]c5ccccc45)n3)C2)C1. The number of aromatic nitrogens is 4. The predicted octanol–water partition coefficient (Wildman–Crippen LogP) is 3.95. The molecule has 2 aliphatic rings. The molecule has 1 amide bonds. The maximum absolute atomic E-state index is 12.4. The van der Waals surface area contributed by atoms with Crippen molar-refractivity contribution in [2.24, 2.45) is 5.92 Å². The van der Waals surface area contributed by atoms with E-state index in [2.05, 4.69) is 25.8 Å². The number of carbonyl (C=O) groups is 1. The number of H-pyrrole nitrogens is 1. The van der Waals surface area contributed by atoms with Crippen LogP contribution in [0.2, 0.25) is 5.02 Å². The van der Waals surface area contributed by atoms with Gasteiger partial charge >= 0.3 is 0 Å². The van der Waals surface area contributed by atoms with Crippen molar-refractivity contribution < 1.29 is 4.79 Å². The average Bonchev–Trinajstić information content (AvgIpc) is 3.56. The number of carbonyl (C=O) groups excluding carboxylic acids is 1. The first-order valence-corrected chi connectivity index (χ1v) is 13.9. The zero-order valence-electron chi connectivity index (χ0n) is 22.2. The minimum atomic E-state index is 0.126. The van der Waals surface area contributed by atoms with Crippen molar-refractivity contribution >= 4 is 34.4 Å². The van der Waals surface area contributed by atoms with Gasteiger partial charge in [-0.1, -0.05) is 35.9 Å². The van der Waals surface area contributed by atoms with Crippen molar-refractivity contribution in [2.45, 2.75) is 44.2 Å². The molecule has 3 aromatic rings. The van der Waals surface area contributed by atoms with Gasteiger partial charge in [0, 0.05) is 43.2 Å². The Balaban J connectivity index is 1.13. The molecule has 10 heteroatoms. The summed E-state index contributed by atoms with van der Waals surface area (Å²) < 4.78 is 0. The van der Waals surface area contributed by atoms with Crippen LogP contribution in [0.5, 0.6) is 0 Å². The van der Waals surface area contributed by atoms with Crippen LogP contribution in [0.4, 0.5) is 5.95 Å². The lowest BCUT2D eigenvalue weighted by Crippen LogP contribution is -2.41. The Morgan fingerprint density at radius 2 is 2.05 bits per heavy atom. The zero-order chi connectivity index (χ0) is 26.5. The monoisotopic (exact) mass is 536 g/mol. The third-order valence-electron chi connectivity index (χ3n) is 7.47. The first kappa shape index (κ1) is 26.6. The number of rotatable bonds is 9. The third kappa shape index (κ3) is 6.51. The maximum Gasteiger partial charge on any atom is 0.246 e. The lowest BCUT2D eigenvalue weighted by molar-refractivity contribution is -0.125. The Bertz CT molecular complexity index is 1270. The number of likely N-dealkylation sites (tertiary alicyclic amines) is 1. The van der Waals surface area contributed by atoms with Gasteiger partial charge in [-0.15, -0.1) is 0 Å². The maximum atomic E-state index is 12.4. The number of halogens is 1. The topological polar surface area (TPSA) is 102 Å². The third-order valence-corrected chi connectivity index (χ3v) is 7.75. The molecule has 1 saturated heterocycles. The number of aromatic amines is 1. The summed E-state index contributed by atoms with van der Waals surface area (Å²) in [4.78, 5) is 25.7. The summed E-state index contributed by atoms with van der Waals surface area (Å²) in [5.74, 6) is 1.20. The van der Waals surface area contributed by atoms with Crippen LogP contribution in [0.15, 0.2) is 42.6 Å². The van der Waals surface area contributed by atoms with Crippen molar-refractivity contribution in [3.8, 4) is 11.4 Å². The molecule has 3 atom stereocenters. The van der Waals surface area contributed by atoms with Crippen LogP contribution >= 0.6 is 11.6 Å². The van der Waals surface area contributed by atoms with E-state index >= 15 is 0 Å². The van der Waals surface area contributed by atoms with Gasteiger partial charge in [0.05, 0.1) is 16.7 Å². The summed E-state index contributed by atoms with van der Waals surface area (Å²) in [5.41, 5.74) is 2.31. The van der Waals surface area contributed by atoms with Crippen LogP contribution in [-0.4, -0.2) is 88.2 Å². The van der Waals surface area contributed by atoms with E-state index in [9.17, 15) is 4.79 Å². The van der Waals surface area contributed by atoms with Gasteiger partial charge in [-0.2, -0.15) is 5.10 Å². The second-order valence-corrected chi connectivity index (χ2v) is 11.1. The Hall–Kier alpha value is -3.01. The molecule has 0 radical (unpaired) electrons. The van der Waals surface area contributed by atoms with E-state index in [1.165, 1.54) is 0 Å². The highest BCUT2D eigenvalue weighted by Crippen LogP contribution is 2.31. The van der Waals surface area contributed by atoms with E-state index in [1.807, 2.05) is 54.2 Å². The number of likely N-dealkylation sites (N-methyl/N-ethyl adjacent to an activating group) is 1. The van der Waals surface area contributed by atoms with Crippen molar-refractivity contribution in [2.75, 3.05) is 45.6 Å². The number of nitrogens with zero attached hydrogens (tertiary/aromatic N) is 5. The number of amides is 1. The lowest BCUT2D eigenvalue weighted by atomic mass is 9.90. The molecule has 38 heavy (non-hydrogen) atoms. The molecule has 2 aromatic heterocycles. The normalized spacial score (nSPS) is 22.1. The van der Waals surface area contributed by atoms with Crippen LogP contribution in [0.3, 0.4) is 0 Å². The first-order chi connectivity index (χ1) is 18.5. The minimum Gasteiger partial charge on any atom is -0.351 e. The molecule has 1 aliphatic carbocycles. The van der Waals surface area contributed by atoms with E-state index in [1.54, 1.807) is 12.3 Å². The molecule has 9 nitrogen and oxygen atoms in total. The van der Waals surface area contributed by atoms with Crippen LogP contribution < -0.4 is 10.6 Å². The van der Waals surface area contributed by atoms with Crippen molar-refractivity contribution in [1.82, 2.24) is 35.3 Å². The zero-order valence-corrected chi connectivity index (χ0v) is 22.9. The van der Waals surface area contributed by atoms with E-state index in [4.69, 9.17) is 16.6 Å². The summed E-state index contributed by atoms with van der Waals surface area (Å²) in [6.07, 6.45) is 10.7. The Labute approximate surface area is 229 Å². The van der Waals surface area contributed by atoms with Gasteiger partial charge in [0.15, 0.2) is 0 Å². The van der Waals surface area contributed by atoms with E-state index in [0.29, 0.717) is 28.6 Å². The van der Waals surface area contributed by atoms with Crippen molar-refractivity contribution in [3.63, 3.8) is 0 Å². The molecule has 1 saturated carbocycles. The van der Waals surface area contributed by atoms with Gasteiger partial charge in [0.25, 0.3) is 0 Å². The molecule has 5 rings (SSSR count). The summed E-state index contributed by atoms with van der Waals surface area (Å²) in [6, 6.07) is 8.68. The minimum absolute atomic E-state index is 0.126. The molecule has 1 aromatic carbocycles. The van der Waals surface area contributed by atoms with E-state index in [-0.39, 0.29) is 11.9 Å². The van der Waals surface area contributed by atoms with Crippen LogP contribution in [-0.2, 0) is 4.79 Å². The Kier molecular flexibility index (Phi) is 8.56. The second kappa shape index (κ2) is 12.2. The van der Waals surface area contributed by atoms with Crippen LogP contribution in [0.25, 0.3) is 22.3 Å². The Morgan fingerprint density at radius 1 is 1.21 bits per heavy atom. The highest BCUT2D eigenvalue weighted by atomic mass is 35.5. The molecule has 2 unspecified atom stereocenters. The molecule has 202 valence electrons. The average molecular weight is 537 g/mol. The number of benzene rings is 1. The number of nitrogens with one attached hydrogen (secondary N) is 3. The fraction of sp³-hybridized carbons (Fsp3) is 0.500. The summed E-state index contributed by atoms with van der Waals surface area (Å²) >= 11 is 6.48. The first-order valence-electron chi connectivity index (χ1n) is 13.5. The summed E-state index contributed by atoms with van der Waals surface area (Å²) in [5, 5.41) is 16.3. The molecule has 1 aliphatic heterocycles. The largest absolute Gasteiger partial charge is 0.351 e. The Morgan fingerprint density at radius 3 is 2.92 bits per heavy atom. The van der Waals surface area contributed by atoms with Gasteiger partial charge < -0.3 is 20.4 Å². The highest BCUT2D eigenvalue weighted by molar-refractivity contribution is 6.33. The molecule has 3 N–H and O–H groups in total. The molecule has 0 spiro atoms. The predicted molar refractivity (Wildman–Crippen MR) is 152 cm³/mol. The van der Waals surface area contributed by atoms with Crippen LogP contribution in [0, 0.1) is 5.92 Å². The smallest absolute Gasteiger partial charge is 0.246 e. The van der Waals surface area contributed by atoms with Gasteiger partial charge in [0.2, 0.25) is 11.9 Å². The molecule has 0 bridgehead atoms. The van der Waals surface area contributed by atoms with Gasteiger partial charge in [-0.3, -0.25) is 9.89 Å². The number of fused-ring (bicyclic) bond motifs is 1. The highest BCUT2D eigenvalue weighted by Gasteiger charge is 2.27. The number of hydrogen-bond donors (Lipinski definition) is 3. The standard InChI is InChI=1S/C28H37ClN8O/c1-36(2)13-6-11-25(38)37-14-12-19(18-37)16-30-20-7-5-8-21(15-20)32-28-31-17-23(29)27(33-28)26-22-9-3-4-10-24(22)34-35-26/h3-4,6,9-11,17,19-21,30H,5,7-8,12-16,18H2,1-2H3,(H,34,35)(H,31,32,33)/b11-6+/t19?,20-,21?/m0/s1. The van der Waals surface area contributed by atoms with Crippen molar-refractivity contribution in [3.05, 3.63) is 47.6 Å². The van der Waals surface area contributed by atoms with E-state index < -0.39 is 0 Å².